The van der Waals surface area contributed by atoms with E-state index in [1.807, 2.05) is 49.4 Å². The van der Waals surface area contributed by atoms with Gasteiger partial charge < -0.3 is 19.5 Å². The second kappa shape index (κ2) is 8.77. The zero-order valence-corrected chi connectivity index (χ0v) is 15.0. The predicted molar refractivity (Wildman–Crippen MR) is 100 cm³/mol. The van der Waals surface area contributed by atoms with Crippen LogP contribution in [0.1, 0.15) is 24.5 Å². The molecule has 0 bridgehead atoms. The van der Waals surface area contributed by atoms with Crippen molar-refractivity contribution in [2.75, 3.05) is 13.4 Å². The van der Waals surface area contributed by atoms with Crippen molar-refractivity contribution >= 4 is 12.0 Å². The summed E-state index contributed by atoms with van der Waals surface area (Å²) in [6.07, 6.45) is 2.42. The standard InChI is InChI=1S/C21H20N2O4/c1-2-9-25-18-6-4-3-5-16(18)11-17(12-22)21(24)23-13-15-7-8-19-20(10-15)27-14-26-19/h3-8,10-11H,2,9,13-14H2,1H3,(H,23,24)/b17-11+. The number of nitriles is 1. The third-order valence-corrected chi connectivity index (χ3v) is 3.94. The highest BCUT2D eigenvalue weighted by Crippen LogP contribution is 2.32. The van der Waals surface area contributed by atoms with Gasteiger partial charge in [0.15, 0.2) is 11.5 Å². The molecular formula is C21H20N2O4. The quantitative estimate of drug-likeness (QED) is 0.601. The summed E-state index contributed by atoms with van der Waals surface area (Å²) in [6.45, 7) is 3.07. The Bertz CT molecular complexity index is 899. The van der Waals surface area contributed by atoms with Crippen molar-refractivity contribution < 1.29 is 19.0 Å². The van der Waals surface area contributed by atoms with Gasteiger partial charge in [-0.15, -0.1) is 0 Å². The molecule has 1 aliphatic heterocycles. The number of hydrogen-bond donors (Lipinski definition) is 1. The Morgan fingerprint density at radius 1 is 1.26 bits per heavy atom. The smallest absolute Gasteiger partial charge is 0.262 e. The summed E-state index contributed by atoms with van der Waals surface area (Å²) in [5.74, 6) is 1.54. The van der Waals surface area contributed by atoms with Crippen LogP contribution in [0, 0.1) is 11.3 Å². The van der Waals surface area contributed by atoms with Crippen molar-refractivity contribution in [3.63, 3.8) is 0 Å². The number of rotatable bonds is 7. The van der Waals surface area contributed by atoms with E-state index >= 15 is 0 Å². The van der Waals surface area contributed by atoms with Crippen LogP contribution in [0.5, 0.6) is 17.2 Å². The summed E-state index contributed by atoms with van der Waals surface area (Å²) in [4.78, 5) is 12.4. The number of hydrogen-bond acceptors (Lipinski definition) is 5. The molecule has 0 aromatic heterocycles. The molecule has 3 rings (SSSR count). The average Bonchev–Trinajstić information content (AvgIpc) is 3.17. The maximum Gasteiger partial charge on any atom is 0.262 e. The van der Waals surface area contributed by atoms with Crippen LogP contribution >= 0.6 is 0 Å². The minimum absolute atomic E-state index is 0.0169. The Labute approximate surface area is 158 Å². The summed E-state index contributed by atoms with van der Waals surface area (Å²) >= 11 is 0. The molecule has 0 saturated carbocycles. The van der Waals surface area contributed by atoms with Crippen LogP contribution in [0.4, 0.5) is 0 Å². The van der Waals surface area contributed by atoms with Crippen LogP contribution in [-0.2, 0) is 11.3 Å². The molecule has 0 saturated heterocycles. The molecule has 1 aliphatic rings. The van der Waals surface area contributed by atoms with Gasteiger partial charge in [-0.3, -0.25) is 4.79 Å². The molecule has 6 nitrogen and oxygen atoms in total. The zero-order valence-electron chi connectivity index (χ0n) is 15.0. The molecule has 0 unspecified atom stereocenters. The number of amides is 1. The SMILES string of the molecule is CCCOc1ccccc1/C=C(\C#N)C(=O)NCc1ccc2c(c1)OCO2. The summed E-state index contributed by atoms with van der Waals surface area (Å²) in [5.41, 5.74) is 1.57. The Kier molecular flexibility index (Phi) is 5.95. The average molecular weight is 364 g/mol. The largest absolute Gasteiger partial charge is 0.493 e. The van der Waals surface area contributed by atoms with Crippen molar-refractivity contribution in [2.45, 2.75) is 19.9 Å². The summed E-state index contributed by atoms with van der Waals surface area (Å²) in [7, 11) is 0. The molecule has 0 spiro atoms. The van der Waals surface area contributed by atoms with Crippen LogP contribution in [-0.4, -0.2) is 19.3 Å². The van der Waals surface area contributed by atoms with E-state index in [0.717, 1.165) is 12.0 Å². The third-order valence-electron chi connectivity index (χ3n) is 3.94. The number of carbonyl (C=O) groups is 1. The van der Waals surface area contributed by atoms with Crippen molar-refractivity contribution in [1.82, 2.24) is 5.32 Å². The van der Waals surface area contributed by atoms with Gasteiger partial charge in [0.1, 0.15) is 17.4 Å². The number of para-hydroxylation sites is 1. The summed E-state index contributed by atoms with van der Waals surface area (Å²) < 4.78 is 16.3. The molecular weight excluding hydrogens is 344 g/mol. The monoisotopic (exact) mass is 364 g/mol. The van der Waals surface area contributed by atoms with Gasteiger partial charge in [0, 0.05) is 12.1 Å². The number of benzene rings is 2. The van der Waals surface area contributed by atoms with Gasteiger partial charge in [0.25, 0.3) is 5.91 Å². The van der Waals surface area contributed by atoms with E-state index < -0.39 is 5.91 Å². The van der Waals surface area contributed by atoms with Crippen LogP contribution in [0.15, 0.2) is 48.0 Å². The van der Waals surface area contributed by atoms with E-state index in [4.69, 9.17) is 14.2 Å². The molecule has 0 radical (unpaired) electrons. The number of fused-ring (bicyclic) bond motifs is 1. The van der Waals surface area contributed by atoms with E-state index in [2.05, 4.69) is 5.32 Å². The van der Waals surface area contributed by atoms with Crippen LogP contribution < -0.4 is 19.5 Å². The molecule has 0 fully saturated rings. The summed E-state index contributed by atoms with van der Waals surface area (Å²) in [5, 5.41) is 12.1. The summed E-state index contributed by atoms with van der Waals surface area (Å²) in [6, 6.07) is 14.7. The first-order valence-corrected chi connectivity index (χ1v) is 8.71. The van der Waals surface area contributed by atoms with Gasteiger partial charge in [-0.25, -0.2) is 0 Å². The van der Waals surface area contributed by atoms with Crippen molar-refractivity contribution in [2.24, 2.45) is 0 Å². The Balaban J connectivity index is 1.69. The van der Waals surface area contributed by atoms with Gasteiger partial charge in [0.05, 0.1) is 6.61 Å². The molecule has 138 valence electrons. The fourth-order valence-electron chi connectivity index (χ4n) is 2.58. The van der Waals surface area contributed by atoms with E-state index in [0.29, 0.717) is 29.4 Å². The van der Waals surface area contributed by atoms with E-state index in [1.54, 1.807) is 12.1 Å². The van der Waals surface area contributed by atoms with Crippen molar-refractivity contribution in [3.8, 4) is 23.3 Å². The van der Waals surface area contributed by atoms with Crippen molar-refractivity contribution in [1.29, 1.82) is 5.26 Å². The normalized spacial score (nSPS) is 12.4. The first-order valence-electron chi connectivity index (χ1n) is 8.71. The lowest BCUT2D eigenvalue weighted by atomic mass is 10.1. The highest BCUT2D eigenvalue weighted by molar-refractivity contribution is 6.01. The third kappa shape index (κ3) is 4.59. The van der Waals surface area contributed by atoms with Gasteiger partial charge in [-0.05, 0) is 36.3 Å². The lowest BCUT2D eigenvalue weighted by molar-refractivity contribution is -0.117. The zero-order chi connectivity index (χ0) is 19.1. The van der Waals surface area contributed by atoms with Crippen LogP contribution in [0.2, 0.25) is 0 Å². The molecule has 1 amide bonds. The highest BCUT2D eigenvalue weighted by atomic mass is 16.7. The predicted octanol–water partition coefficient (Wildman–Crippen LogP) is 3.43. The first-order chi connectivity index (χ1) is 13.2. The number of carbonyl (C=O) groups excluding carboxylic acids is 1. The molecule has 0 atom stereocenters. The highest BCUT2D eigenvalue weighted by Gasteiger charge is 2.14. The number of nitrogens with one attached hydrogen (secondary N) is 1. The van der Waals surface area contributed by atoms with Gasteiger partial charge >= 0.3 is 0 Å². The molecule has 1 heterocycles. The fraction of sp³-hybridized carbons (Fsp3) is 0.238. The van der Waals surface area contributed by atoms with E-state index in [9.17, 15) is 10.1 Å². The fourth-order valence-corrected chi connectivity index (χ4v) is 2.58. The van der Waals surface area contributed by atoms with E-state index in [1.165, 1.54) is 0 Å². The molecule has 2 aromatic carbocycles. The van der Waals surface area contributed by atoms with E-state index in [-0.39, 0.29) is 18.9 Å². The topological polar surface area (TPSA) is 80.6 Å². The molecule has 27 heavy (non-hydrogen) atoms. The van der Waals surface area contributed by atoms with Gasteiger partial charge in [-0.1, -0.05) is 31.2 Å². The number of nitrogens with zero attached hydrogens (tertiary/aromatic N) is 1. The van der Waals surface area contributed by atoms with Gasteiger partial charge in [-0.2, -0.15) is 5.26 Å². The minimum atomic E-state index is -0.444. The maximum absolute atomic E-state index is 12.4. The Hall–Kier alpha value is -3.46. The van der Waals surface area contributed by atoms with Crippen molar-refractivity contribution in [3.05, 3.63) is 59.2 Å². The molecule has 6 heteroatoms. The number of ether oxygens (including phenoxy) is 3. The lowest BCUT2D eigenvalue weighted by Gasteiger charge is -2.09. The Morgan fingerprint density at radius 2 is 2.07 bits per heavy atom. The molecule has 0 aliphatic carbocycles. The van der Waals surface area contributed by atoms with Crippen LogP contribution in [0.3, 0.4) is 0 Å². The minimum Gasteiger partial charge on any atom is -0.493 e. The Morgan fingerprint density at radius 3 is 2.89 bits per heavy atom. The second-order valence-electron chi connectivity index (χ2n) is 5.93. The van der Waals surface area contributed by atoms with Crippen LogP contribution in [0.25, 0.3) is 6.08 Å². The lowest BCUT2D eigenvalue weighted by Crippen LogP contribution is -2.23. The first kappa shape index (κ1) is 18.3. The molecule has 1 N–H and O–H groups in total. The van der Waals surface area contributed by atoms with Gasteiger partial charge in [0.2, 0.25) is 6.79 Å². The maximum atomic E-state index is 12.4. The second-order valence-corrected chi connectivity index (χ2v) is 5.93. The molecule has 2 aromatic rings.